The van der Waals surface area contributed by atoms with E-state index in [0.29, 0.717) is 19.0 Å². The van der Waals surface area contributed by atoms with Gasteiger partial charge in [-0.1, -0.05) is 29.8 Å². The molecular formula is C20H25N3O3. The molecule has 0 radical (unpaired) electrons. The Labute approximate surface area is 153 Å². The minimum absolute atomic E-state index is 0.0286. The quantitative estimate of drug-likeness (QED) is 0.639. The summed E-state index contributed by atoms with van der Waals surface area (Å²) >= 11 is 0. The summed E-state index contributed by atoms with van der Waals surface area (Å²) in [6, 6.07) is 8.49. The lowest BCUT2D eigenvalue weighted by Gasteiger charge is -2.33. The summed E-state index contributed by atoms with van der Waals surface area (Å²) in [5.41, 5.74) is 1.20. The summed E-state index contributed by atoms with van der Waals surface area (Å²) in [6.45, 7) is 4.90. The van der Waals surface area contributed by atoms with Crippen LogP contribution in [0.4, 0.5) is 0 Å². The third-order valence-corrected chi connectivity index (χ3v) is 5.56. The third-order valence-electron chi connectivity index (χ3n) is 5.56. The van der Waals surface area contributed by atoms with Crippen molar-refractivity contribution in [3.05, 3.63) is 35.4 Å². The van der Waals surface area contributed by atoms with E-state index < -0.39 is 5.54 Å². The van der Waals surface area contributed by atoms with Crippen LogP contribution in [0.5, 0.6) is 0 Å². The van der Waals surface area contributed by atoms with Crippen molar-refractivity contribution < 1.29 is 14.4 Å². The summed E-state index contributed by atoms with van der Waals surface area (Å²) in [5, 5.41) is 10.7. The number of Topliss-reactive ketones (excluding diaryl/α,β-unsaturated/α-hetero) is 1. The Morgan fingerprint density at radius 3 is 2.58 bits per heavy atom. The molecule has 1 atom stereocenters. The smallest absolute Gasteiger partial charge is 0.228 e. The van der Waals surface area contributed by atoms with E-state index in [4.69, 9.17) is 5.41 Å². The summed E-state index contributed by atoms with van der Waals surface area (Å²) in [5.74, 6) is -0.411. The molecule has 2 saturated heterocycles. The lowest BCUT2D eigenvalue weighted by molar-refractivity contribution is -0.131. The van der Waals surface area contributed by atoms with Crippen LogP contribution in [-0.4, -0.2) is 46.8 Å². The predicted molar refractivity (Wildman–Crippen MR) is 98.2 cm³/mol. The molecule has 0 aliphatic carbocycles. The number of aryl methyl sites for hydroxylation is 1. The van der Waals surface area contributed by atoms with Crippen LogP contribution in [0.1, 0.15) is 49.7 Å². The van der Waals surface area contributed by atoms with Gasteiger partial charge in [0.15, 0.2) is 5.78 Å². The SMILES string of the molecule is Cc1cccc(C2CCN(C(=O)CC(=N)C3(C)NC(=O)CC3=O)CC2)c1. The normalized spacial score (nSPS) is 23.8. The molecule has 1 unspecified atom stereocenters. The lowest BCUT2D eigenvalue weighted by atomic mass is 9.87. The van der Waals surface area contributed by atoms with Crippen LogP contribution in [0.2, 0.25) is 0 Å². The zero-order chi connectivity index (χ0) is 18.9. The van der Waals surface area contributed by atoms with Gasteiger partial charge in [-0.25, -0.2) is 0 Å². The second-order valence-corrected chi connectivity index (χ2v) is 7.50. The van der Waals surface area contributed by atoms with Gasteiger partial charge in [-0.05, 0) is 38.2 Å². The molecule has 138 valence electrons. The average molecular weight is 355 g/mol. The maximum Gasteiger partial charge on any atom is 0.228 e. The maximum atomic E-state index is 12.6. The maximum absolute atomic E-state index is 12.6. The number of hydrogen-bond donors (Lipinski definition) is 2. The van der Waals surface area contributed by atoms with E-state index in [9.17, 15) is 14.4 Å². The number of nitrogens with one attached hydrogen (secondary N) is 2. The van der Waals surface area contributed by atoms with Gasteiger partial charge in [-0.2, -0.15) is 0 Å². The van der Waals surface area contributed by atoms with E-state index in [1.165, 1.54) is 18.1 Å². The molecule has 2 fully saturated rings. The topological polar surface area (TPSA) is 90.3 Å². The molecule has 1 aromatic rings. The third kappa shape index (κ3) is 3.54. The van der Waals surface area contributed by atoms with Crippen LogP contribution in [-0.2, 0) is 14.4 Å². The number of carbonyl (C=O) groups excluding carboxylic acids is 3. The molecule has 2 heterocycles. The summed E-state index contributed by atoms with van der Waals surface area (Å²) in [6.07, 6.45) is 1.46. The first kappa shape index (κ1) is 18.3. The molecule has 2 aliphatic rings. The van der Waals surface area contributed by atoms with Crippen molar-refractivity contribution in [1.29, 1.82) is 5.41 Å². The Kier molecular flexibility index (Phi) is 4.94. The molecule has 0 saturated carbocycles. The fourth-order valence-electron chi connectivity index (χ4n) is 3.79. The Morgan fingerprint density at radius 1 is 1.31 bits per heavy atom. The number of likely N-dealkylation sites (tertiary alicyclic amines) is 1. The van der Waals surface area contributed by atoms with Crippen molar-refractivity contribution in [1.82, 2.24) is 10.2 Å². The molecule has 0 bridgehead atoms. The highest BCUT2D eigenvalue weighted by Gasteiger charge is 2.45. The molecule has 0 spiro atoms. The number of carbonyl (C=O) groups is 3. The first-order valence-electron chi connectivity index (χ1n) is 9.06. The minimum Gasteiger partial charge on any atom is -0.342 e. The zero-order valence-electron chi connectivity index (χ0n) is 15.3. The van der Waals surface area contributed by atoms with Gasteiger partial charge >= 0.3 is 0 Å². The Morgan fingerprint density at radius 2 is 2.00 bits per heavy atom. The van der Waals surface area contributed by atoms with E-state index >= 15 is 0 Å². The van der Waals surface area contributed by atoms with Gasteiger partial charge < -0.3 is 15.6 Å². The van der Waals surface area contributed by atoms with Gasteiger partial charge in [0, 0.05) is 13.1 Å². The van der Waals surface area contributed by atoms with Crippen LogP contribution in [0.15, 0.2) is 24.3 Å². The van der Waals surface area contributed by atoms with Gasteiger partial charge in [0.2, 0.25) is 11.8 Å². The van der Waals surface area contributed by atoms with Gasteiger partial charge in [0.25, 0.3) is 0 Å². The Balaban J connectivity index is 1.56. The second kappa shape index (κ2) is 7.02. The number of piperidine rings is 1. The Bertz CT molecular complexity index is 765. The number of benzene rings is 1. The zero-order valence-corrected chi connectivity index (χ0v) is 15.3. The molecule has 0 aromatic heterocycles. The monoisotopic (exact) mass is 355 g/mol. The number of amides is 2. The summed E-state index contributed by atoms with van der Waals surface area (Å²) in [4.78, 5) is 37.7. The first-order chi connectivity index (χ1) is 12.3. The number of hydrogen-bond acceptors (Lipinski definition) is 4. The number of ketones is 1. The largest absolute Gasteiger partial charge is 0.342 e. The average Bonchev–Trinajstić information content (AvgIpc) is 2.88. The summed E-state index contributed by atoms with van der Waals surface area (Å²) in [7, 11) is 0. The highest BCUT2D eigenvalue weighted by molar-refractivity contribution is 6.25. The van der Waals surface area contributed by atoms with Crippen molar-refractivity contribution in [2.75, 3.05) is 13.1 Å². The molecule has 26 heavy (non-hydrogen) atoms. The Hall–Kier alpha value is -2.50. The van der Waals surface area contributed by atoms with Crippen LogP contribution < -0.4 is 5.32 Å². The van der Waals surface area contributed by atoms with E-state index in [1.54, 1.807) is 4.90 Å². The lowest BCUT2D eigenvalue weighted by Crippen LogP contribution is -2.52. The molecule has 2 N–H and O–H groups in total. The van der Waals surface area contributed by atoms with Crippen molar-refractivity contribution in [2.24, 2.45) is 0 Å². The van der Waals surface area contributed by atoms with Crippen LogP contribution in [0, 0.1) is 12.3 Å². The van der Waals surface area contributed by atoms with E-state index in [-0.39, 0.29) is 36.2 Å². The molecule has 6 heteroatoms. The molecule has 6 nitrogen and oxygen atoms in total. The number of nitrogens with zero attached hydrogens (tertiary/aromatic N) is 1. The molecule has 2 aliphatic heterocycles. The fourth-order valence-corrected chi connectivity index (χ4v) is 3.79. The molecule has 3 rings (SSSR count). The van der Waals surface area contributed by atoms with Gasteiger partial charge in [-0.3, -0.25) is 14.4 Å². The predicted octanol–water partition coefficient (Wildman–Crippen LogP) is 1.96. The van der Waals surface area contributed by atoms with Crippen LogP contribution in [0.3, 0.4) is 0 Å². The molecule has 2 amide bonds. The minimum atomic E-state index is -1.33. The van der Waals surface area contributed by atoms with Crippen molar-refractivity contribution in [3.63, 3.8) is 0 Å². The summed E-state index contributed by atoms with van der Waals surface area (Å²) < 4.78 is 0. The van der Waals surface area contributed by atoms with Crippen molar-refractivity contribution >= 4 is 23.3 Å². The van der Waals surface area contributed by atoms with Gasteiger partial charge in [-0.15, -0.1) is 0 Å². The first-order valence-corrected chi connectivity index (χ1v) is 9.06. The second-order valence-electron chi connectivity index (χ2n) is 7.50. The van der Waals surface area contributed by atoms with Crippen molar-refractivity contribution in [2.45, 2.75) is 51.0 Å². The molecular weight excluding hydrogens is 330 g/mol. The van der Waals surface area contributed by atoms with Crippen LogP contribution in [0.25, 0.3) is 0 Å². The van der Waals surface area contributed by atoms with E-state index in [0.717, 1.165) is 12.8 Å². The highest BCUT2D eigenvalue weighted by Crippen LogP contribution is 2.29. The van der Waals surface area contributed by atoms with Gasteiger partial charge in [0.05, 0.1) is 18.6 Å². The van der Waals surface area contributed by atoms with Crippen LogP contribution >= 0.6 is 0 Å². The van der Waals surface area contributed by atoms with E-state index in [1.807, 2.05) is 0 Å². The fraction of sp³-hybridized carbons (Fsp3) is 0.500. The van der Waals surface area contributed by atoms with Crippen molar-refractivity contribution in [3.8, 4) is 0 Å². The standard InChI is InChI=1S/C20H25N3O3/c1-13-4-3-5-15(10-13)14-6-8-23(9-7-14)19(26)11-16(21)20(2)17(24)12-18(25)22-20/h3-5,10,14,21H,6-9,11-12H2,1-2H3,(H,22,25). The van der Waals surface area contributed by atoms with Gasteiger partial charge in [0.1, 0.15) is 5.54 Å². The highest BCUT2D eigenvalue weighted by atomic mass is 16.2. The van der Waals surface area contributed by atoms with E-state index in [2.05, 4.69) is 36.5 Å². The number of rotatable bonds is 4. The molecule has 1 aromatic carbocycles.